The lowest BCUT2D eigenvalue weighted by atomic mass is 10.1. The smallest absolute Gasteiger partial charge is 0.397 e. The first-order valence-electron chi connectivity index (χ1n) is 14.4. The molecule has 0 radical (unpaired) electrons. The molecule has 3 aromatic heterocycles. The molecule has 1 N–H and O–H groups in total. The Morgan fingerprint density at radius 3 is 2.51 bits per heavy atom. The second-order valence-electron chi connectivity index (χ2n) is 11.3. The Morgan fingerprint density at radius 1 is 1.07 bits per heavy atom. The Labute approximate surface area is 255 Å². The lowest BCUT2D eigenvalue weighted by Gasteiger charge is -2.40. The van der Waals surface area contributed by atoms with Crippen molar-refractivity contribution in [3.8, 4) is 17.0 Å². The zero-order chi connectivity index (χ0) is 31.9. The summed E-state index contributed by atoms with van der Waals surface area (Å²) in [6, 6.07) is 9.41. The molecular formula is C30H31F5N8O2. The van der Waals surface area contributed by atoms with Crippen LogP contribution in [0.25, 0.3) is 22.3 Å². The molecule has 238 valence electrons. The summed E-state index contributed by atoms with van der Waals surface area (Å²) in [5.41, 5.74) is 4.45. The predicted octanol–water partition coefficient (Wildman–Crippen LogP) is 4.63. The fourth-order valence-corrected chi connectivity index (χ4v) is 5.82. The van der Waals surface area contributed by atoms with Crippen molar-refractivity contribution in [1.82, 2.24) is 34.7 Å². The molecule has 4 aromatic rings. The molecule has 1 aromatic carbocycles. The van der Waals surface area contributed by atoms with Crippen LogP contribution in [0.5, 0.6) is 5.75 Å². The predicted molar refractivity (Wildman–Crippen MR) is 155 cm³/mol. The van der Waals surface area contributed by atoms with Gasteiger partial charge in [0, 0.05) is 56.1 Å². The van der Waals surface area contributed by atoms with E-state index < -0.39 is 37.5 Å². The monoisotopic (exact) mass is 630 g/mol. The Bertz CT molecular complexity index is 1700. The SMILES string of the molecule is COc1c(-c2ccc3nc(Cc4cc(C(C)N5CCN(C(=O)CC(F)(F)F)CC5)ccn4)[nH]c3c2)ncnc1N1CC(F)(F)C1. The normalized spacial score (nSPS) is 17.8. The molecule has 1 atom stereocenters. The maximum absolute atomic E-state index is 13.5. The summed E-state index contributed by atoms with van der Waals surface area (Å²) >= 11 is 0. The average Bonchev–Trinajstić information content (AvgIpc) is 3.39. The van der Waals surface area contributed by atoms with Gasteiger partial charge in [-0.3, -0.25) is 14.7 Å². The van der Waals surface area contributed by atoms with E-state index >= 15 is 0 Å². The van der Waals surface area contributed by atoms with Crippen LogP contribution in [0.4, 0.5) is 27.8 Å². The van der Waals surface area contributed by atoms with Gasteiger partial charge in [-0.1, -0.05) is 6.07 Å². The molecule has 6 rings (SSSR count). The number of carbonyl (C=O) groups is 1. The number of aromatic nitrogens is 5. The van der Waals surface area contributed by atoms with Crippen LogP contribution in [0.15, 0.2) is 42.9 Å². The van der Waals surface area contributed by atoms with Crippen molar-refractivity contribution in [2.75, 3.05) is 51.3 Å². The molecule has 5 heterocycles. The summed E-state index contributed by atoms with van der Waals surface area (Å²) in [5.74, 6) is -2.33. The third kappa shape index (κ3) is 6.67. The number of ether oxygens (including phenoxy) is 1. The number of H-pyrrole nitrogens is 1. The van der Waals surface area contributed by atoms with Crippen LogP contribution in [-0.4, -0.2) is 99.1 Å². The van der Waals surface area contributed by atoms with Crippen molar-refractivity contribution in [3.05, 3.63) is 59.9 Å². The number of piperazine rings is 1. The molecule has 1 unspecified atom stereocenters. The van der Waals surface area contributed by atoms with Crippen molar-refractivity contribution < 1.29 is 31.5 Å². The maximum Gasteiger partial charge on any atom is 0.397 e. The van der Waals surface area contributed by atoms with E-state index in [9.17, 15) is 26.7 Å². The zero-order valence-electron chi connectivity index (χ0n) is 24.6. The van der Waals surface area contributed by atoms with Gasteiger partial charge in [-0.15, -0.1) is 0 Å². The van der Waals surface area contributed by atoms with Gasteiger partial charge in [0.05, 0.1) is 31.2 Å². The molecule has 0 saturated carbocycles. The lowest BCUT2D eigenvalue weighted by molar-refractivity contribution is -0.162. The number of imidazole rings is 1. The van der Waals surface area contributed by atoms with Crippen LogP contribution in [0, 0.1) is 0 Å². The zero-order valence-corrected chi connectivity index (χ0v) is 24.6. The molecule has 2 aliphatic rings. The molecule has 15 heteroatoms. The summed E-state index contributed by atoms with van der Waals surface area (Å²) < 4.78 is 70.4. The van der Waals surface area contributed by atoms with Crippen LogP contribution in [0.2, 0.25) is 0 Å². The Balaban J connectivity index is 1.14. The van der Waals surface area contributed by atoms with Crippen molar-refractivity contribution in [2.24, 2.45) is 0 Å². The minimum Gasteiger partial charge on any atom is -0.491 e. The van der Waals surface area contributed by atoms with Crippen LogP contribution < -0.4 is 9.64 Å². The first kappa shape index (κ1) is 30.6. The fraction of sp³-hybridized carbons (Fsp3) is 0.433. The number of aromatic amines is 1. The third-order valence-electron chi connectivity index (χ3n) is 8.18. The van der Waals surface area contributed by atoms with Crippen LogP contribution in [0.3, 0.4) is 0 Å². The number of halogens is 5. The van der Waals surface area contributed by atoms with Gasteiger partial charge in [0.25, 0.3) is 5.92 Å². The number of benzene rings is 1. The summed E-state index contributed by atoms with van der Waals surface area (Å²) in [4.78, 5) is 37.9. The number of carbonyl (C=O) groups excluding carboxylic acids is 1. The minimum absolute atomic E-state index is 0.0277. The molecule has 0 bridgehead atoms. The summed E-state index contributed by atoms with van der Waals surface area (Å²) in [6.07, 6.45) is -2.47. The highest BCUT2D eigenvalue weighted by Crippen LogP contribution is 2.40. The number of alkyl halides is 5. The lowest BCUT2D eigenvalue weighted by Crippen LogP contribution is -2.56. The highest BCUT2D eigenvalue weighted by atomic mass is 19.4. The Morgan fingerprint density at radius 2 is 1.82 bits per heavy atom. The van der Waals surface area contributed by atoms with E-state index in [1.54, 1.807) is 6.20 Å². The first-order valence-corrected chi connectivity index (χ1v) is 14.4. The van der Waals surface area contributed by atoms with E-state index in [1.165, 1.54) is 23.2 Å². The fourth-order valence-electron chi connectivity index (χ4n) is 5.82. The molecule has 2 aliphatic heterocycles. The number of amides is 1. The van der Waals surface area contributed by atoms with Crippen molar-refractivity contribution in [3.63, 3.8) is 0 Å². The highest BCUT2D eigenvalue weighted by molar-refractivity contribution is 5.84. The van der Waals surface area contributed by atoms with Crippen LogP contribution in [-0.2, 0) is 11.2 Å². The van der Waals surface area contributed by atoms with Gasteiger partial charge in [0.1, 0.15) is 24.3 Å². The van der Waals surface area contributed by atoms with Crippen LogP contribution in [0.1, 0.15) is 36.5 Å². The molecule has 2 fully saturated rings. The number of pyridine rings is 1. The number of methoxy groups -OCH3 is 1. The molecule has 0 spiro atoms. The van der Waals surface area contributed by atoms with Gasteiger partial charge in [-0.25, -0.2) is 23.7 Å². The Hall–Kier alpha value is -4.40. The quantitative estimate of drug-likeness (QED) is 0.282. The Kier molecular flexibility index (Phi) is 8.05. The highest BCUT2D eigenvalue weighted by Gasteiger charge is 2.45. The van der Waals surface area contributed by atoms with Gasteiger partial charge in [0.15, 0.2) is 11.6 Å². The number of hydrogen-bond donors (Lipinski definition) is 1. The topological polar surface area (TPSA) is 103 Å². The average molecular weight is 631 g/mol. The third-order valence-corrected chi connectivity index (χ3v) is 8.18. The van der Waals surface area contributed by atoms with Crippen molar-refractivity contribution in [1.29, 1.82) is 0 Å². The van der Waals surface area contributed by atoms with Crippen LogP contribution >= 0.6 is 0 Å². The van der Waals surface area contributed by atoms with Gasteiger partial charge < -0.3 is 19.5 Å². The summed E-state index contributed by atoms with van der Waals surface area (Å²) in [6.45, 7) is 2.59. The van der Waals surface area contributed by atoms with Crippen molar-refractivity contribution >= 4 is 22.8 Å². The van der Waals surface area contributed by atoms with Crippen molar-refractivity contribution in [2.45, 2.75) is 37.9 Å². The number of hydrogen-bond acceptors (Lipinski definition) is 8. The van der Waals surface area contributed by atoms with Gasteiger partial charge in [-0.2, -0.15) is 13.2 Å². The second kappa shape index (κ2) is 11.8. The molecule has 2 saturated heterocycles. The molecule has 45 heavy (non-hydrogen) atoms. The number of rotatable bonds is 8. The van der Waals surface area contributed by atoms with E-state index in [4.69, 9.17) is 9.72 Å². The van der Waals surface area contributed by atoms with E-state index in [1.807, 2.05) is 37.3 Å². The number of nitrogens with zero attached hydrogens (tertiary/aromatic N) is 7. The minimum atomic E-state index is -4.51. The molecule has 0 aliphatic carbocycles. The number of nitrogens with one attached hydrogen (secondary N) is 1. The second-order valence-corrected chi connectivity index (χ2v) is 11.3. The van der Waals surface area contributed by atoms with E-state index in [2.05, 4.69) is 24.8 Å². The van der Waals surface area contributed by atoms with E-state index in [0.29, 0.717) is 48.2 Å². The van der Waals surface area contributed by atoms with Gasteiger partial charge in [0.2, 0.25) is 5.91 Å². The number of fused-ring (bicyclic) bond motifs is 1. The number of anilines is 1. The summed E-state index contributed by atoms with van der Waals surface area (Å²) in [5, 5.41) is 0. The maximum atomic E-state index is 13.5. The molecule has 1 amide bonds. The summed E-state index contributed by atoms with van der Waals surface area (Å²) in [7, 11) is 1.46. The molecule has 10 nitrogen and oxygen atoms in total. The standard InChI is InChI=1S/C30H31F5N8O2/c1-18(41-7-9-42(10-8-41)25(44)14-30(33,34)35)19-5-6-36-21(11-19)13-24-39-22-4-3-20(12-23(22)40-24)26-27(45-2)28(38-17-37-26)43-15-29(31,32)16-43/h3-6,11-12,17-18H,7-10,13-16H2,1-2H3,(H,39,40). The largest absolute Gasteiger partial charge is 0.491 e. The van der Waals surface area contributed by atoms with E-state index in [-0.39, 0.29) is 19.1 Å². The van der Waals surface area contributed by atoms with Gasteiger partial charge >= 0.3 is 6.18 Å². The van der Waals surface area contributed by atoms with Gasteiger partial charge in [-0.05, 0) is 36.8 Å². The van der Waals surface area contributed by atoms with E-state index in [0.717, 1.165) is 22.3 Å². The first-order chi connectivity index (χ1) is 21.4. The molecular weight excluding hydrogens is 599 g/mol.